The van der Waals surface area contributed by atoms with E-state index in [2.05, 4.69) is 5.32 Å². The largest absolute Gasteiger partial charge is 0.406 e. The maximum absolute atomic E-state index is 13.7. The third kappa shape index (κ3) is 4.02. The molecule has 0 bridgehead atoms. The Morgan fingerprint density at radius 3 is 2.63 bits per heavy atom. The van der Waals surface area contributed by atoms with Crippen molar-refractivity contribution < 1.29 is 14.0 Å². The van der Waals surface area contributed by atoms with E-state index in [0.717, 1.165) is 4.73 Å². The molecule has 0 spiro atoms. The number of hydrogen-bond acceptors (Lipinski definition) is 4. The number of para-hydroxylation sites is 1. The number of halogens is 1. The number of benzene rings is 2. The van der Waals surface area contributed by atoms with Crippen LogP contribution in [0.25, 0.3) is 0 Å². The van der Waals surface area contributed by atoms with E-state index in [1.807, 2.05) is 6.07 Å². The second-order valence-corrected chi connectivity index (χ2v) is 5.53. The van der Waals surface area contributed by atoms with Crippen LogP contribution in [0.1, 0.15) is 21.5 Å². The van der Waals surface area contributed by atoms with E-state index in [9.17, 15) is 14.0 Å². The van der Waals surface area contributed by atoms with Gasteiger partial charge in [0.05, 0.1) is 11.3 Å². The predicted molar refractivity (Wildman–Crippen MR) is 96.5 cm³/mol. The van der Waals surface area contributed by atoms with Gasteiger partial charge < -0.3 is 10.2 Å². The van der Waals surface area contributed by atoms with Crippen molar-refractivity contribution in [1.82, 2.24) is 4.73 Å². The lowest BCUT2D eigenvalue weighted by molar-refractivity contribution is 0.0847. The summed E-state index contributed by atoms with van der Waals surface area (Å²) in [6.07, 6.45) is 1.34. The van der Waals surface area contributed by atoms with Crippen LogP contribution in [0.3, 0.4) is 0 Å². The molecule has 0 saturated carbocycles. The third-order valence-electron chi connectivity index (χ3n) is 3.77. The summed E-state index contributed by atoms with van der Waals surface area (Å²) in [6, 6.07) is 17.2. The lowest BCUT2D eigenvalue weighted by Crippen LogP contribution is -2.32. The predicted octanol–water partition coefficient (Wildman–Crippen LogP) is 2.74. The molecule has 0 atom stereocenters. The topological polar surface area (TPSA) is 84.1 Å². The second-order valence-electron chi connectivity index (χ2n) is 5.53. The van der Waals surface area contributed by atoms with E-state index in [1.165, 1.54) is 30.5 Å². The van der Waals surface area contributed by atoms with Gasteiger partial charge in [-0.05, 0) is 30.3 Å². The van der Waals surface area contributed by atoms with E-state index in [1.54, 1.807) is 36.4 Å². The molecule has 0 fully saturated rings. The number of amides is 1. The zero-order valence-corrected chi connectivity index (χ0v) is 14.1. The van der Waals surface area contributed by atoms with Gasteiger partial charge in [0.2, 0.25) is 0 Å². The summed E-state index contributed by atoms with van der Waals surface area (Å²) in [5.41, 5.74) is -0.00764. The van der Waals surface area contributed by atoms with Gasteiger partial charge >= 0.3 is 0 Å². The minimum absolute atomic E-state index is 0.168. The molecule has 0 saturated heterocycles. The van der Waals surface area contributed by atoms with Crippen LogP contribution in [-0.2, 0) is 6.61 Å². The van der Waals surface area contributed by atoms with E-state index < -0.39 is 17.3 Å². The van der Waals surface area contributed by atoms with Crippen molar-refractivity contribution in [3.8, 4) is 6.07 Å². The summed E-state index contributed by atoms with van der Waals surface area (Å²) < 4.78 is 14.5. The van der Waals surface area contributed by atoms with Crippen LogP contribution < -0.4 is 15.7 Å². The van der Waals surface area contributed by atoms with Crippen molar-refractivity contribution in [3.05, 3.63) is 99.7 Å². The fourth-order valence-corrected chi connectivity index (χ4v) is 2.38. The monoisotopic (exact) mass is 363 g/mol. The second kappa shape index (κ2) is 7.97. The van der Waals surface area contributed by atoms with Gasteiger partial charge in [0, 0.05) is 11.8 Å². The van der Waals surface area contributed by atoms with Crippen molar-refractivity contribution in [2.24, 2.45) is 0 Å². The van der Waals surface area contributed by atoms with Gasteiger partial charge in [0.25, 0.3) is 11.5 Å². The SMILES string of the molecule is N#Cc1ccccc1NC(=O)c1cccn(OCc2ccccc2F)c1=O. The molecule has 0 aliphatic carbocycles. The van der Waals surface area contributed by atoms with Crippen LogP contribution in [0, 0.1) is 17.1 Å². The highest BCUT2D eigenvalue weighted by Gasteiger charge is 2.15. The van der Waals surface area contributed by atoms with Gasteiger partial charge in [-0.3, -0.25) is 9.59 Å². The molecule has 1 N–H and O–H groups in total. The molecule has 2 aromatic carbocycles. The summed E-state index contributed by atoms with van der Waals surface area (Å²) in [6.45, 7) is -0.172. The number of pyridine rings is 1. The standard InChI is InChI=1S/C20H14FN3O3/c21-17-9-3-1-7-15(17)13-27-24-11-5-8-16(20(24)26)19(25)23-18-10-4-2-6-14(18)12-22/h1-11H,13H2,(H,23,25). The Hall–Kier alpha value is -3.92. The van der Waals surface area contributed by atoms with Gasteiger partial charge in [-0.1, -0.05) is 30.3 Å². The van der Waals surface area contributed by atoms with Gasteiger partial charge in [-0.25, -0.2) is 4.39 Å². The zero-order valence-electron chi connectivity index (χ0n) is 14.1. The number of aromatic nitrogens is 1. The summed E-state index contributed by atoms with van der Waals surface area (Å²) in [5.74, 6) is -1.13. The van der Waals surface area contributed by atoms with E-state index in [-0.39, 0.29) is 23.3 Å². The van der Waals surface area contributed by atoms with Gasteiger partial charge in [-0.2, -0.15) is 9.99 Å². The summed E-state index contributed by atoms with van der Waals surface area (Å²) in [4.78, 5) is 30.2. The molecule has 7 heteroatoms. The fraction of sp³-hybridized carbons (Fsp3) is 0.0500. The molecule has 134 valence electrons. The molecular weight excluding hydrogens is 349 g/mol. The van der Waals surface area contributed by atoms with Crippen molar-refractivity contribution in [3.63, 3.8) is 0 Å². The molecule has 27 heavy (non-hydrogen) atoms. The Kier molecular flexibility index (Phi) is 5.28. The van der Waals surface area contributed by atoms with Crippen LogP contribution in [-0.4, -0.2) is 10.6 Å². The lowest BCUT2D eigenvalue weighted by atomic mass is 10.2. The molecule has 1 amide bonds. The first-order chi connectivity index (χ1) is 13.1. The zero-order chi connectivity index (χ0) is 19.2. The number of nitrogens with one attached hydrogen (secondary N) is 1. The van der Waals surface area contributed by atoms with E-state index in [0.29, 0.717) is 5.69 Å². The number of anilines is 1. The van der Waals surface area contributed by atoms with Crippen LogP contribution >= 0.6 is 0 Å². The first kappa shape index (κ1) is 17.9. The third-order valence-corrected chi connectivity index (χ3v) is 3.77. The first-order valence-corrected chi connectivity index (χ1v) is 7.99. The first-order valence-electron chi connectivity index (χ1n) is 7.99. The lowest BCUT2D eigenvalue weighted by Gasteiger charge is -2.11. The molecule has 0 radical (unpaired) electrons. The number of hydrogen-bond donors (Lipinski definition) is 1. The summed E-state index contributed by atoms with van der Waals surface area (Å²) in [5, 5.41) is 11.6. The molecule has 3 aromatic rings. The quantitative estimate of drug-likeness (QED) is 0.755. The molecule has 0 aliphatic heterocycles. The van der Waals surface area contributed by atoms with Gasteiger partial charge in [0.15, 0.2) is 0 Å². The number of nitriles is 1. The molecule has 6 nitrogen and oxygen atoms in total. The van der Waals surface area contributed by atoms with Crippen molar-refractivity contribution in [2.75, 3.05) is 5.32 Å². The number of nitrogens with zero attached hydrogens (tertiary/aromatic N) is 2. The molecule has 3 rings (SSSR count). The van der Waals surface area contributed by atoms with Crippen molar-refractivity contribution in [1.29, 1.82) is 5.26 Å². The Labute approximate surface area is 154 Å². The molecule has 1 heterocycles. The number of carbonyl (C=O) groups is 1. The smallest absolute Gasteiger partial charge is 0.295 e. The highest BCUT2D eigenvalue weighted by molar-refractivity contribution is 6.04. The van der Waals surface area contributed by atoms with Gasteiger partial charge in [-0.15, -0.1) is 0 Å². The highest BCUT2D eigenvalue weighted by atomic mass is 19.1. The Morgan fingerprint density at radius 2 is 1.85 bits per heavy atom. The minimum Gasteiger partial charge on any atom is -0.406 e. The molecular formula is C20H14FN3O3. The Morgan fingerprint density at radius 1 is 1.11 bits per heavy atom. The minimum atomic E-state index is -0.694. The van der Waals surface area contributed by atoms with E-state index in [4.69, 9.17) is 10.1 Å². The number of carbonyl (C=O) groups excluding carboxylic acids is 1. The van der Waals surface area contributed by atoms with E-state index >= 15 is 0 Å². The van der Waals surface area contributed by atoms with Crippen LogP contribution in [0.2, 0.25) is 0 Å². The average Bonchev–Trinajstić information content (AvgIpc) is 2.68. The Bertz CT molecular complexity index is 1090. The van der Waals surface area contributed by atoms with Gasteiger partial charge in [0.1, 0.15) is 24.1 Å². The molecule has 1 aromatic heterocycles. The van der Waals surface area contributed by atoms with Crippen molar-refractivity contribution >= 4 is 11.6 Å². The highest BCUT2D eigenvalue weighted by Crippen LogP contribution is 2.14. The van der Waals surface area contributed by atoms with Crippen LogP contribution in [0.5, 0.6) is 0 Å². The Balaban J connectivity index is 1.80. The summed E-state index contributed by atoms with van der Waals surface area (Å²) >= 11 is 0. The molecule has 0 aliphatic rings. The maximum atomic E-state index is 13.7. The van der Waals surface area contributed by atoms with Crippen molar-refractivity contribution in [2.45, 2.75) is 6.61 Å². The normalized spacial score (nSPS) is 10.1. The average molecular weight is 363 g/mol. The fourth-order valence-electron chi connectivity index (χ4n) is 2.38. The molecule has 0 unspecified atom stereocenters. The number of rotatable bonds is 5. The van der Waals surface area contributed by atoms with Crippen LogP contribution in [0.4, 0.5) is 10.1 Å². The summed E-state index contributed by atoms with van der Waals surface area (Å²) in [7, 11) is 0. The maximum Gasteiger partial charge on any atom is 0.295 e. The van der Waals surface area contributed by atoms with Crippen LogP contribution in [0.15, 0.2) is 71.7 Å².